The zero-order valence-electron chi connectivity index (χ0n) is 15.1. The Labute approximate surface area is 151 Å². The highest BCUT2D eigenvalue weighted by Gasteiger charge is 2.26. The Morgan fingerprint density at radius 2 is 1.92 bits per heavy atom. The molecule has 2 aromatic carbocycles. The van der Waals surface area contributed by atoms with E-state index in [2.05, 4.69) is 48.6 Å². The molecule has 0 saturated carbocycles. The smallest absolute Gasteiger partial charge is 0.317 e. The SMILES string of the molecule is Cc1cccc([C@@H]2CCCCCN2C(=O)NCCc2ccccc2)c1. The molecule has 0 aliphatic carbocycles. The minimum Gasteiger partial charge on any atom is -0.338 e. The topological polar surface area (TPSA) is 32.3 Å². The summed E-state index contributed by atoms with van der Waals surface area (Å²) in [4.78, 5) is 14.9. The maximum atomic E-state index is 12.8. The van der Waals surface area contributed by atoms with E-state index in [0.29, 0.717) is 6.54 Å². The highest BCUT2D eigenvalue weighted by atomic mass is 16.2. The minimum atomic E-state index is 0.0735. The van der Waals surface area contributed by atoms with E-state index in [-0.39, 0.29) is 12.1 Å². The van der Waals surface area contributed by atoms with Crippen molar-refractivity contribution in [1.82, 2.24) is 10.2 Å². The predicted molar refractivity (Wildman–Crippen MR) is 103 cm³/mol. The lowest BCUT2D eigenvalue weighted by molar-refractivity contribution is 0.176. The molecule has 25 heavy (non-hydrogen) atoms. The molecule has 0 radical (unpaired) electrons. The van der Waals surface area contributed by atoms with Gasteiger partial charge in [0.1, 0.15) is 0 Å². The van der Waals surface area contributed by atoms with Crippen molar-refractivity contribution < 1.29 is 4.79 Å². The summed E-state index contributed by atoms with van der Waals surface area (Å²) in [5, 5.41) is 3.13. The third kappa shape index (κ3) is 4.85. The fourth-order valence-corrected chi connectivity index (χ4v) is 3.64. The van der Waals surface area contributed by atoms with Gasteiger partial charge in [-0.05, 0) is 37.3 Å². The lowest BCUT2D eigenvalue weighted by Gasteiger charge is -2.31. The Kier molecular flexibility index (Phi) is 6.10. The molecule has 1 atom stereocenters. The molecule has 0 aromatic heterocycles. The maximum Gasteiger partial charge on any atom is 0.317 e. The van der Waals surface area contributed by atoms with E-state index in [0.717, 1.165) is 25.8 Å². The lowest BCUT2D eigenvalue weighted by Crippen LogP contribution is -2.42. The number of nitrogens with zero attached hydrogens (tertiary/aromatic N) is 1. The predicted octanol–water partition coefficient (Wildman–Crippen LogP) is 4.86. The van der Waals surface area contributed by atoms with Gasteiger partial charge in [0.05, 0.1) is 6.04 Å². The molecule has 0 bridgehead atoms. The van der Waals surface area contributed by atoms with E-state index in [1.807, 2.05) is 23.1 Å². The summed E-state index contributed by atoms with van der Waals surface area (Å²) in [5.41, 5.74) is 3.78. The van der Waals surface area contributed by atoms with Gasteiger partial charge in [0, 0.05) is 13.1 Å². The van der Waals surface area contributed by atoms with Crippen molar-refractivity contribution >= 4 is 6.03 Å². The fourth-order valence-electron chi connectivity index (χ4n) is 3.64. The second-order valence-electron chi connectivity index (χ2n) is 6.94. The fraction of sp³-hybridized carbons (Fsp3) is 0.409. The van der Waals surface area contributed by atoms with Crippen LogP contribution >= 0.6 is 0 Å². The van der Waals surface area contributed by atoms with E-state index in [1.54, 1.807) is 0 Å². The van der Waals surface area contributed by atoms with Crippen LogP contribution in [0.1, 0.15) is 48.4 Å². The number of amides is 2. The van der Waals surface area contributed by atoms with Crippen LogP contribution in [0.15, 0.2) is 54.6 Å². The number of urea groups is 1. The first-order chi connectivity index (χ1) is 12.2. The quantitative estimate of drug-likeness (QED) is 0.849. The molecule has 1 aliphatic heterocycles. The Hall–Kier alpha value is -2.29. The summed E-state index contributed by atoms with van der Waals surface area (Å²) in [6, 6.07) is 19.2. The highest BCUT2D eigenvalue weighted by molar-refractivity contribution is 5.74. The van der Waals surface area contributed by atoms with Crippen LogP contribution in [0.4, 0.5) is 4.79 Å². The summed E-state index contributed by atoms with van der Waals surface area (Å²) in [7, 11) is 0. The number of nitrogens with one attached hydrogen (secondary N) is 1. The van der Waals surface area contributed by atoms with Crippen LogP contribution in [-0.2, 0) is 6.42 Å². The average Bonchev–Trinajstić information content (AvgIpc) is 2.88. The molecule has 0 spiro atoms. The van der Waals surface area contributed by atoms with Crippen LogP contribution in [0.3, 0.4) is 0 Å². The van der Waals surface area contributed by atoms with Crippen molar-refractivity contribution in [3.8, 4) is 0 Å². The van der Waals surface area contributed by atoms with Crippen LogP contribution in [0.25, 0.3) is 0 Å². The zero-order valence-corrected chi connectivity index (χ0v) is 15.1. The summed E-state index contributed by atoms with van der Waals surface area (Å²) in [6.45, 7) is 3.64. The standard InChI is InChI=1S/C22H28N2O/c1-18-9-8-12-20(17-18)21-13-6-3-7-16-24(21)22(25)23-15-14-19-10-4-2-5-11-19/h2,4-5,8-12,17,21H,3,6-7,13-16H2,1H3,(H,23,25)/t21-/m0/s1. The number of carbonyl (C=O) groups excluding carboxylic acids is 1. The van der Waals surface area contributed by atoms with Gasteiger partial charge in [-0.25, -0.2) is 4.79 Å². The molecule has 1 N–H and O–H groups in total. The Bertz CT molecular complexity index is 683. The molecular formula is C22H28N2O. The van der Waals surface area contributed by atoms with E-state index >= 15 is 0 Å². The number of aryl methyl sites for hydroxylation is 1. The highest BCUT2D eigenvalue weighted by Crippen LogP contribution is 2.30. The van der Waals surface area contributed by atoms with E-state index in [1.165, 1.54) is 29.5 Å². The molecule has 0 unspecified atom stereocenters. The second-order valence-corrected chi connectivity index (χ2v) is 6.94. The number of hydrogen-bond donors (Lipinski definition) is 1. The van der Waals surface area contributed by atoms with Gasteiger partial charge in [-0.15, -0.1) is 0 Å². The molecule has 3 rings (SSSR count). The second kappa shape index (κ2) is 8.70. The van der Waals surface area contributed by atoms with Gasteiger partial charge >= 0.3 is 6.03 Å². The van der Waals surface area contributed by atoms with Gasteiger partial charge in [0.15, 0.2) is 0 Å². The van der Waals surface area contributed by atoms with Gasteiger partial charge < -0.3 is 10.2 Å². The zero-order chi connectivity index (χ0) is 17.5. The van der Waals surface area contributed by atoms with Gasteiger partial charge in [-0.2, -0.15) is 0 Å². The monoisotopic (exact) mass is 336 g/mol. The Balaban J connectivity index is 1.65. The normalized spacial score (nSPS) is 17.8. The molecule has 1 aliphatic rings. The summed E-state index contributed by atoms with van der Waals surface area (Å²) in [5.74, 6) is 0. The van der Waals surface area contributed by atoms with Gasteiger partial charge in [0.25, 0.3) is 0 Å². The van der Waals surface area contributed by atoms with Crippen LogP contribution in [0, 0.1) is 6.92 Å². The van der Waals surface area contributed by atoms with Crippen molar-refractivity contribution in [2.75, 3.05) is 13.1 Å². The van der Waals surface area contributed by atoms with Crippen LogP contribution in [0.5, 0.6) is 0 Å². The third-order valence-corrected chi connectivity index (χ3v) is 4.97. The van der Waals surface area contributed by atoms with Gasteiger partial charge in [-0.3, -0.25) is 0 Å². The largest absolute Gasteiger partial charge is 0.338 e. The number of carbonyl (C=O) groups is 1. The first-order valence-corrected chi connectivity index (χ1v) is 9.39. The molecule has 3 heteroatoms. The molecule has 2 aromatic rings. The summed E-state index contributed by atoms with van der Waals surface area (Å²) >= 11 is 0. The molecule has 132 valence electrons. The van der Waals surface area contributed by atoms with Crippen LogP contribution in [-0.4, -0.2) is 24.0 Å². The Morgan fingerprint density at radius 1 is 1.08 bits per heavy atom. The first kappa shape index (κ1) is 17.5. The van der Waals surface area contributed by atoms with Crippen LogP contribution in [0.2, 0.25) is 0 Å². The number of likely N-dealkylation sites (tertiary alicyclic amines) is 1. The van der Waals surface area contributed by atoms with E-state index in [9.17, 15) is 4.79 Å². The minimum absolute atomic E-state index is 0.0735. The third-order valence-electron chi connectivity index (χ3n) is 4.97. The molecular weight excluding hydrogens is 308 g/mol. The van der Waals surface area contributed by atoms with Gasteiger partial charge in [-0.1, -0.05) is 73.0 Å². The van der Waals surface area contributed by atoms with E-state index < -0.39 is 0 Å². The summed E-state index contributed by atoms with van der Waals surface area (Å²) in [6.07, 6.45) is 5.40. The maximum absolute atomic E-state index is 12.8. The van der Waals surface area contributed by atoms with Crippen molar-refractivity contribution in [1.29, 1.82) is 0 Å². The van der Waals surface area contributed by atoms with Crippen molar-refractivity contribution in [3.63, 3.8) is 0 Å². The number of benzene rings is 2. The van der Waals surface area contributed by atoms with Crippen molar-refractivity contribution in [3.05, 3.63) is 71.3 Å². The van der Waals surface area contributed by atoms with E-state index in [4.69, 9.17) is 0 Å². The van der Waals surface area contributed by atoms with Gasteiger partial charge in [0.2, 0.25) is 0 Å². The molecule has 3 nitrogen and oxygen atoms in total. The Morgan fingerprint density at radius 3 is 2.72 bits per heavy atom. The lowest BCUT2D eigenvalue weighted by atomic mass is 9.99. The first-order valence-electron chi connectivity index (χ1n) is 9.39. The average molecular weight is 336 g/mol. The van der Waals surface area contributed by atoms with Crippen molar-refractivity contribution in [2.45, 2.75) is 45.1 Å². The molecule has 2 amide bonds. The molecule has 1 fully saturated rings. The number of rotatable bonds is 4. The summed E-state index contributed by atoms with van der Waals surface area (Å²) < 4.78 is 0. The number of hydrogen-bond acceptors (Lipinski definition) is 1. The van der Waals surface area contributed by atoms with Crippen LogP contribution < -0.4 is 5.32 Å². The molecule has 1 heterocycles. The molecule has 1 saturated heterocycles. The van der Waals surface area contributed by atoms with Crippen molar-refractivity contribution in [2.24, 2.45) is 0 Å².